The molecule has 0 aromatic heterocycles. The molecule has 0 spiro atoms. The fourth-order valence-corrected chi connectivity index (χ4v) is 3.40. The number of hydrogen-bond acceptors (Lipinski definition) is 4. The van der Waals surface area contributed by atoms with Crippen molar-refractivity contribution in [2.75, 3.05) is 23.7 Å². The van der Waals surface area contributed by atoms with Gasteiger partial charge >= 0.3 is 6.03 Å². The molecule has 0 saturated carbocycles. The summed E-state index contributed by atoms with van der Waals surface area (Å²) in [6, 6.07) is 6.62. The Bertz CT molecular complexity index is 590. The standard InChI is InChI=1S/C14H21N3O3S/c1-2-21(19,20)13-5-3-12(4-6-13)17-9-7-11(8-10-17)16-14(15)18/h3-6,11H,2,7-10H2,1H3,(H3,15,16,18). The van der Waals surface area contributed by atoms with E-state index in [1.807, 2.05) is 12.1 Å². The Morgan fingerprint density at radius 1 is 1.29 bits per heavy atom. The number of primary amides is 1. The van der Waals surface area contributed by atoms with Crippen LogP contribution < -0.4 is 16.0 Å². The summed E-state index contributed by atoms with van der Waals surface area (Å²) in [5.74, 6) is 0.108. The van der Waals surface area contributed by atoms with Gasteiger partial charge < -0.3 is 16.0 Å². The summed E-state index contributed by atoms with van der Waals surface area (Å²) in [5.41, 5.74) is 6.12. The molecule has 1 heterocycles. The van der Waals surface area contributed by atoms with Crippen molar-refractivity contribution in [3.63, 3.8) is 0 Å². The number of amides is 2. The van der Waals surface area contributed by atoms with Crippen LogP contribution in [0.1, 0.15) is 19.8 Å². The highest BCUT2D eigenvalue weighted by Crippen LogP contribution is 2.22. The van der Waals surface area contributed by atoms with E-state index in [0.29, 0.717) is 4.90 Å². The van der Waals surface area contributed by atoms with Crippen LogP contribution in [0.5, 0.6) is 0 Å². The molecule has 3 N–H and O–H groups in total. The van der Waals surface area contributed by atoms with Crippen molar-refractivity contribution >= 4 is 21.6 Å². The van der Waals surface area contributed by atoms with Crippen LogP contribution in [0.4, 0.5) is 10.5 Å². The highest BCUT2D eigenvalue weighted by Gasteiger charge is 2.20. The van der Waals surface area contributed by atoms with Crippen LogP contribution in [-0.4, -0.2) is 39.3 Å². The fraction of sp³-hybridized carbons (Fsp3) is 0.500. The van der Waals surface area contributed by atoms with Gasteiger partial charge in [0.25, 0.3) is 0 Å². The van der Waals surface area contributed by atoms with Crippen LogP contribution in [0.15, 0.2) is 29.2 Å². The number of piperidine rings is 1. The number of carbonyl (C=O) groups is 1. The van der Waals surface area contributed by atoms with E-state index in [9.17, 15) is 13.2 Å². The van der Waals surface area contributed by atoms with Crippen LogP contribution in [0.2, 0.25) is 0 Å². The van der Waals surface area contributed by atoms with Gasteiger partial charge in [-0.25, -0.2) is 13.2 Å². The van der Waals surface area contributed by atoms with Crippen LogP contribution in [0.3, 0.4) is 0 Å². The van der Waals surface area contributed by atoms with Crippen LogP contribution in [-0.2, 0) is 9.84 Å². The summed E-state index contributed by atoms with van der Waals surface area (Å²) in [4.78, 5) is 13.4. The second-order valence-corrected chi connectivity index (χ2v) is 7.45. The van der Waals surface area contributed by atoms with Gasteiger partial charge in [0.2, 0.25) is 0 Å². The average molecular weight is 311 g/mol. The number of hydrogen-bond donors (Lipinski definition) is 2. The number of anilines is 1. The first-order chi connectivity index (χ1) is 9.92. The summed E-state index contributed by atoms with van der Waals surface area (Å²) in [7, 11) is -3.15. The van der Waals surface area contributed by atoms with Crippen LogP contribution in [0.25, 0.3) is 0 Å². The smallest absolute Gasteiger partial charge is 0.312 e. The largest absolute Gasteiger partial charge is 0.371 e. The van der Waals surface area contributed by atoms with Crippen molar-refractivity contribution in [2.45, 2.75) is 30.7 Å². The van der Waals surface area contributed by atoms with Gasteiger partial charge in [0, 0.05) is 24.8 Å². The molecular formula is C14H21N3O3S. The first kappa shape index (κ1) is 15.6. The molecule has 116 valence electrons. The molecule has 1 saturated heterocycles. The third-order valence-corrected chi connectivity index (χ3v) is 5.53. The van der Waals surface area contributed by atoms with Crippen LogP contribution >= 0.6 is 0 Å². The Labute approximate surface area is 125 Å². The van der Waals surface area contributed by atoms with Crippen molar-refractivity contribution < 1.29 is 13.2 Å². The molecule has 0 radical (unpaired) electrons. The van der Waals surface area contributed by atoms with Gasteiger partial charge in [-0.15, -0.1) is 0 Å². The molecule has 0 aliphatic carbocycles. The molecule has 1 aromatic carbocycles. The average Bonchev–Trinajstić information content (AvgIpc) is 2.47. The van der Waals surface area contributed by atoms with E-state index in [2.05, 4.69) is 10.2 Å². The van der Waals surface area contributed by atoms with Gasteiger partial charge in [-0.05, 0) is 37.1 Å². The summed E-state index contributed by atoms with van der Waals surface area (Å²) < 4.78 is 23.5. The van der Waals surface area contributed by atoms with E-state index in [1.54, 1.807) is 19.1 Å². The molecule has 0 unspecified atom stereocenters. The summed E-state index contributed by atoms with van der Waals surface area (Å²) in [6.45, 7) is 3.26. The first-order valence-electron chi connectivity index (χ1n) is 7.06. The van der Waals surface area contributed by atoms with Crippen molar-refractivity contribution in [1.29, 1.82) is 0 Å². The van der Waals surface area contributed by atoms with Crippen LogP contribution in [0, 0.1) is 0 Å². The zero-order valence-corrected chi connectivity index (χ0v) is 12.9. The van der Waals surface area contributed by atoms with Crippen molar-refractivity contribution in [3.8, 4) is 0 Å². The number of carbonyl (C=O) groups excluding carboxylic acids is 1. The second kappa shape index (κ2) is 6.34. The predicted molar refractivity (Wildman–Crippen MR) is 82.1 cm³/mol. The molecule has 21 heavy (non-hydrogen) atoms. The Hall–Kier alpha value is -1.76. The maximum absolute atomic E-state index is 11.8. The van der Waals surface area contributed by atoms with E-state index in [-0.39, 0.29) is 11.8 Å². The molecule has 7 heteroatoms. The Morgan fingerprint density at radius 2 is 1.86 bits per heavy atom. The third kappa shape index (κ3) is 3.87. The zero-order valence-electron chi connectivity index (χ0n) is 12.1. The fourth-order valence-electron chi connectivity index (χ4n) is 2.51. The molecule has 1 aliphatic rings. The topological polar surface area (TPSA) is 92.5 Å². The van der Waals surface area contributed by atoms with Gasteiger partial charge in [0.1, 0.15) is 0 Å². The van der Waals surface area contributed by atoms with Crippen molar-refractivity contribution in [1.82, 2.24) is 5.32 Å². The highest BCUT2D eigenvalue weighted by atomic mass is 32.2. The molecule has 0 bridgehead atoms. The van der Waals surface area contributed by atoms with Crippen molar-refractivity contribution in [2.24, 2.45) is 5.73 Å². The lowest BCUT2D eigenvalue weighted by molar-refractivity contribution is 0.242. The molecule has 1 aliphatic heterocycles. The minimum absolute atomic E-state index is 0.108. The van der Waals surface area contributed by atoms with E-state index in [0.717, 1.165) is 31.6 Å². The molecule has 2 amide bonds. The number of sulfone groups is 1. The summed E-state index contributed by atoms with van der Waals surface area (Å²) >= 11 is 0. The zero-order chi connectivity index (χ0) is 15.5. The monoisotopic (exact) mass is 311 g/mol. The van der Waals surface area contributed by atoms with Gasteiger partial charge in [0.15, 0.2) is 9.84 Å². The molecular weight excluding hydrogens is 290 g/mol. The Balaban J connectivity index is 2.00. The number of benzene rings is 1. The Kier molecular flexibility index (Phi) is 4.72. The van der Waals surface area contributed by atoms with Gasteiger partial charge in [-0.3, -0.25) is 0 Å². The first-order valence-corrected chi connectivity index (χ1v) is 8.71. The molecule has 6 nitrogen and oxygen atoms in total. The molecule has 1 fully saturated rings. The molecule has 0 atom stereocenters. The van der Waals surface area contributed by atoms with E-state index < -0.39 is 15.9 Å². The number of nitrogens with zero attached hydrogens (tertiary/aromatic N) is 1. The van der Waals surface area contributed by atoms with Gasteiger partial charge in [-0.2, -0.15) is 0 Å². The lowest BCUT2D eigenvalue weighted by atomic mass is 10.0. The highest BCUT2D eigenvalue weighted by molar-refractivity contribution is 7.91. The molecule has 1 aromatic rings. The van der Waals surface area contributed by atoms with E-state index >= 15 is 0 Å². The number of rotatable bonds is 4. The van der Waals surface area contributed by atoms with Gasteiger partial charge in [-0.1, -0.05) is 6.92 Å². The van der Waals surface area contributed by atoms with E-state index in [1.165, 1.54) is 0 Å². The summed E-state index contributed by atoms with van der Waals surface area (Å²) in [6.07, 6.45) is 1.66. The second-order valence-electron chi connectivity index (χ2n) is 5.17. The summed E-state index contributed by atoms with van der Waals surface area (Å²) in [5, 5.41) is 2.72. The maximum atomic E-state index is 11.8. The quantitative estimate of drug-likeness (QED) is 0.871. The normalized spacial score (nSPS) is 16.7. The minimum Gasteiger partial charge on any atom is -0.371 e. The lowest BCUT2D eigenvalue weighted by Gasteiger charge is -2.33. The SMILES string of the molecule is CCS(=O)(=O)c1ccc(N2CCC(NC(N)=O)CC2)cc1. The number of nitrogens with two attached hydrogens (primary N) is 1. The number of urea groups is 1. The predicted octanol–water partition coefficient (Wildman–Crippen LogP) is 1.12. The van der Waals surface area contributed by atoms with E-state index in [4.69, 9.17) is 5.73 Å². The third-order valence-electron chi connectivity index (χ3n) is 3.78. The lowest BCUT2D eigenvalue weighted by Crippen LogP contribution is -2.46. The Morgan fingerprint density at radius 3 is 2.33 bits per heavy atom. The van der Waals surface area contributed by atoms with Crippen molar-refractivity contribution in [3.05, 3.63) is 24.3 Å². The maximum Gasteiger partial charge on any atom is 0.312 e. The minimum atomic E-state index is -3.15. The van der Waals surface area contributed by atoms with Gasteiger partial charge in [0.05, 0.1) is 10.6 Å². The molecule has 2 rings (SSSR count). The number of nitrogens with one attached hydrogen (secondary N) is 1.